The number of hydrogen-bond acceptors (Lipinski definition) is 5. The summed E-state index contributed by atoms with van der Waals surface area (Å²) in [5.74, 6) is -0.363. The third kappa shape index (κ3) is 32.9. The number of unbranched alkanes of at least 4 members (excludes halogenated alkanes) is 20. The van der Waals surface area contributed by atoms with Crippen LogP contribution in [0.1, 0.15) is 155 Å². The van der Waals surface area contributed by atoms with E-state index in [4.69, 9.17) is 9.05 Å². The monoisotopic (exact) mass is 674 g/mol. The molecule has 3 atom stereocenters. The van der Waals surface area contributed by atoms with Crippen LogP contribution in [0.3, 0.4) is 0 Å². The van der Waals surface area contributed by atoms with Crippen molar-refractivity contribution in [1.29, 1.82) is 0 Å². The summed E-state index contributed by atoms with van der Waals surface area (Å²) in [5, 5.41) is 13.1. The van der Waals surface area contributed by atoms with Crippen LogP contribution < -0.4 is 5.32 Å². The van der Waals surface area contributed by atoms with Gasteiger partial charge >= 0.3 is 7.82 Å². The lowest BCUT2D eigenvalue weighted by Gasteiger charge is -2.25. The number of hydrogen-bond donors (Lipinski definition) is 3. The van der Waals surface area contributed by atoms with Crippen LogP contribution in [0.2, 0.25) is 0 Å². The van der Waals surface area contributed by atoms with E-state index in [1.165, 1.54) is 129 Å². The molecule has 0 bridgehead atoms. The van der Waals surface area contributed by atoms with Crippen LogP contribution in [0.25, 0.3) is 0 Å². The fourth-order valence-electron chi connectivity index (χ4n) is 5.27. The molecule has 3 unspecified atom stereocenters. The van der Waals surface area contributed by atoms with Crippen LogP contribution in [0, 0.1) is 0 Å². The third-order valence-electron chi connectivity index (χ3n) is 8.21. The van der Waals surface area contributed by atoms with Crippen molar-refractivity contribution in [2.24, 2.45) is 0 Å². The van der Waals surface area contributed by atoms with E-state index in [2.05, 4.69) is 24.4 Å². The molecule has 0 spiro atoms. The molecule has 0 aromatic carbocycles. The Labute approximate surface area is 284 Å². The number of carbonyl (C=O) groups is 1. The second-order valence-corrected chi connectivity index (χ2v) is 15.5. The number of phosphoric acid groups is 1. The number of quaternary nitrogens is 1. The Morgan fingerprint density at radius 1 is 0.717 bits per heavy atom. The molecule has 0 aliphatic rings. The lowest BCUT2D eigenvalue weighted by molar-refractivity contribution is -0.870. The van der Waals surface area contributed by atoms with E-state index in [0.29, 0.717) is 11.0 Å². The van der Waals surface area contributed by atoms with Gasteiger partial charge in [-0.2, -0.15) is 0 Å². The van der Waals surface area contributed by atoms with Gasteiger partial charge in [0.1, 0.15) is 13.2 Å². The lowest BCUT2D eigenvalue weighted by Crippen LogP contribution is -2.44. The van der Waals surface area contributed by atoms with Crippen molar-refractivity contribution in [3.05, 3.63) is 24.3 Å². The van der Waals surface area contributed by atoms with Gasteiger partial charge in [0.2, 0.25) is 5.91 Å². The topological polar surface area (TPSA) is 105 Å². The fourth-order valence-corrected chi connectivity index (χ4v) is 6.00. The van der Waals surface area contributed by atoms with E-state index >= 15 is 0 Å². The van der Waals surface area contributed by atoms with Gasteiger partial charge in [0.05, 0.1) is 39.9 Å². The Bertz CT molecular complexity index is 814. The summed E-state index contributed by atoms with van der Waals surface area (Å²) in [6.07, 6.45) is 36.1. The summed E-state index contributed by atoms with van der Waals surface area (Å²) in [6, 6.07) is -0.860. The Kier molecular flexibility index (Phi) is 29.4. The molecule has 0 aliphatic carbocycles. The first-order valence-corrected chi connectivity index (χ1v) is 20.2. The minimum absolute atomic E-state index is 0.0532. The van der Waals surface area contributed by atoms with Crippen LogP contribution in [0.4, 0.5) is 0 Å². The third-order valence-corrected chi connectivity index (χ3v) is 9.19. The lowest BCUT2D eigenvalue weighted by atomic mass is 10.0. The van der Waals surface area contributed by atoms with E-state index in [-0.39, 0.29) is 19.1 Å². The second-order valence-electron chi connectivity index (χ2n) is 14.0. The molecule has 0 heterocycles. The van der Waals surface area contributed by atoms with Crippen LogP contribution in [-0.2, 0) is 18.4 Å². The summed E-state index contributed by atoms with van der Waals surface area (Å²) in [5.41, 5.74) is 0. The summed E-state index contributed by atoms with van der Waals surface area (Å²) in [7, 11) is 1.54. The number of carbonyl (C=O) groups excluding carboxylic acids is 1. The van der Waals surface area contributed by atoms with Gasteiger partial charge < -0.3 is 19.8 Å². The molecule has 0 aromatic rings. The first kappa shape index (κ1) is 45.0. The molecule has 0 aromatic heterocycles. The van der Waals surface area contributed by atoms with E-state index < -0.39 is 20.0 Å². The molecule has 1 amide bonds. The van der Waals surface area contributed by atoms with Crippen LogP contribution in [-0.4, -0.2) is 73.4 Å². The molecule has 46 heavy (non-hydrogen) atoms. The molecule has 3 N–H and O–H groups in total. The predicted molar refractivity (Wildman–Crippen MR) is 194 cm³/mol. The highest BCUT2D eigenvalue weighted by atomic mass is 31.2. The Morgan fingerprint density at radius 2 is 1.15 bits per heavy atom. The zero-order valence-electron chi connectivity index (χ0n) is 30.6. The minimum atomic E-state index is -4.29. The molecule has 0 rings (SSSR count). The van der Waals surface area contributed by atoms with Crippen molar-refractivity contribution in [2.75, 3.05) is 40.9 Å². The van der Waals surface area contributed by atoms with Gasteiger partial charge in [-0.1, -0.05) is 147 Å². The van der Waals surface area contributed by atoms with Crippen LogP contribution >= 0.6 is 7.82 Å². The first-order chi connectivity index (χ1) is 22.0. The molecule has 0 aliphatic heterocycles. The molecule has 0 fully saturated rings. The van der Waals surface area contributed by atoms with Gasteiger partial charge in [0.15, 0.2) is 0 Å². The summed E-state index contributed by atoms with van der Waals surface area (Å²) in [4.78, 5) is 21.5. The number of aliphatic hydroxyl groups is 1. The number of aliphatic hydroxyl groups excluding tert-OH is 1. The standard InChI is InChI=1S/C37H73N2O6P/c1-6-7-8-9-10-11-12-13-14-15-16-17-18-19-20-21-22-23-24-25-26-27-28-29-30-31-37(41)36(38-35(2)40)34-45-46(42,43)44-33-32-39(3,4)5/h26-27,30-31,36-37,41H,6-25,28-29,32-34H2,1-5H3,(H-,38,40,42,43)/p+1/b27-26+,31-30+. The number of likely N-dealkylation sites (N-methyl/N-ethyl adjacent to an activating group) is 1. The van der Waals surface area contributed by atoms with Crippen molar-refractivity contribution in [3.8, 4) is 0 Å². The fraction of sp³-hybridized carbons (Fsp3) is 0.865. The summed E-state index contributed by atoms with van der Waals surface area (Å²) in [6.45, 7) is 3.85. The number of nitrogens with zero attached hydrogens (tertiary/aromatic N) is 1. The van der Waals surface area contributed by atoms with Crippen molar-refractivity contribution in [1.82, 2.24) is 5.32 Å². The van der Waals surface area contributed by atoms with Crippen molar-refractivity contribution in [3.63, 3.8) is 0 Å². The minimum Gasteiger partial charge on any atom is -0.387 e. The largest absolute Gasteiger partial charge is 0.472 e. The van der Waals surface area contributed by atoms with E-state index in [1.807, 2.05) is 27.2 Å². The maximum absolute atomic E-state index is 12.2. The van der Waals surface area contributed by atoms with E-state index in [0.717, 1.165) is 19.3 Å². The predicted octanol–water partition coefficient (Wildman–Crippen LogP) is 9.41. The molecule has 0 saturated carbocycles. The summed E-state index contributed by atoms with van der Waals surface area (Å²) >= 11 is 0. The van der Waals surface area contributed by atoms with E-state index in [9.17, 15) is 19.4 Å². The van der Waals surface area contributed by atoms with E-state index in [1.54, 1.807) is 6.08 Å². The smallest absolute Gasteiger partial charge is 0.387 e. The van der Waals surface area contributed by atoms with Gasteiger partial charge in [-0.25, -0.2) is 4.57 Å². The number of phosphoric ester groups is 1. The van der Waals surface area contributed by atoms with Crippen LogP contribution in [0.5, 0.6) is 0 Å². The number of rotatable bonds is 33. The second kappa shape index (κ2) is 30.1. The summed E-state index contributed by atoms with van der Waals surface area (Å²) < 4.78 is 22.8. The van der Waals surface area contributed by atoms with Gasteiger partial charge in [0.25, 0.3) is 0 Å². The van der Waals surface area contributed by atoms with Gasteiger partial charge in [-0.15, -0.1) is 0 Å². The Morgan fingerprint density at radius 3 is 1.61 bits per heavy atom. The quantitative estimate of drug-likeness (QED) is 0.0278. The zero-order chi connectivity index (χ0) is 34.4. The maximum atomic E-state index is 12.2. The van der Waals surface area contributed by atoms with Crippen molar-refractivity contribution >= 4 is 13.7 Å². The molecular formula is C37H74N2O6P+. The Balaban J connectivity index is 3.79. The SMILES string of the molecule is CCCCCCCCCCCCCCCCCCCCC/C=C/CC/C=C/C(O)C(COP(=O)(O)OCC[N+](C)(C)C)NC(C)=O. The number of nitrogens with one attached hydrogen (secondary N) is 1. The molecular weight excluding hydrogens is 599 g/mol. The van der Waals surface area contributed by atoms with Crippen molar-refractivity contribution < 1.29 is 32.9 Å². The molecule has 8 nitrogen and oxygen atoms in total. The molecule has 9 heteroatoms. The van der Waals surface area contributed by atoms with Gasteiger partial charge in [-0.3, -0.25) is 13.8 Å². The number of allylic oxidation sites excluding steroid dienone is 3. The van der Waals surface area contributed by atoms with Gasteiger partial charge in [-0.05, 0) is 25.7 Å². The normalized spacial score (nSPS) is 15.0. The number of amides is 1. The Hall–Kier alpha value is -1.02. The first-order valence-electron chi connectivity index (χ1n) is 18.7. The van der Waals surface area contributed by atoms with Gasteiger partial charge in [0, 0.05) is 6.92 Å². The average molecular weight is 674 g/mol. The van der Waals surface area contributed by atoms with Crippen molar-refractivity contribution in [2.45, 2.75) is 167 Å². The highest BCUT2D eigenvalue weighted by molar-refractivity contribution is 7.47. The molecule has 0 radical (unpaired) electrons. The molecule has 0 saturated heterocycles. The average Bonchev–Trinajstić information content (AvgIpc) is 2.98. The maximum Gasteiger partial charge on any atom is 0.472 e. The highest BCUT2D eigenvalue weighted by Gasteiger charge is 2.27. The highest BCUT2D eigenvalue weighted by Crippen LogP contribution is 2.43. The van der Waals surface area contributed by atoms with Crippen LogP contribution in [0.15, 0.2) is 24.3 Å². The zero-order valence-corrected chi connectivity index (χ0v) is 31.5. The molecule has 272 valence electrons.